The number of hydrogen-bond acceptors (Lipinski definition) is 4. The average molecular weight is 539 g/mol. The molecule has 1 aromatic heterocycles. The van der Waals surface area contributed by atoms with Crippen molar-refractivity contribution in [3.8, 4) is 16.9 Å². The molecule has 8 heteroatoms. The van der Waals surface area contributed by atoms with Crippen molar-refractivity contribution >= 4 is 40.9 Å². The fourth-order valence-corrected chi connectivity index (χ4v) is 4.90. The van der Waals surface area contributed by atoms with Crippen molar-refractivity contribution in [2.45, 2.75) is 56.2 Å². The molecule has 35 heavy (non-hydrogen) atoms. The number of carboxylic acids is 1. The van der Waals surface area contributed by atoms with E-state index in [-0.39, 0.29) is 16.4 Å². The summed E-state index contributed by atoms with van der Waals surface area (Å²) in [4.78, 5) is 10.4. The van der Waals surface area contributed by atoms with Crippen molar-refractivity contribution in [1.29, 1.82) is 0 Å². The fraction of sp³-hybridized carbons (Fsp3) is 0.370. The Morgan fingerprint density at radius 3 is 2.63 bits per heavy atom. The van der Waals surface area contributed by atoms with Gasteiger partial charge in [-0.05, 0) is 55.2 Å². The second kappa shape index (κ2) is 13.8. The SMILES string of the molecule is Cc1oc(CCCCCC(Cl)Cl)c(COc2cccc(CSCC(=O)O)c2)c1-c1ccc(F)cc1. The molecule has 188 valence electrons. The molecule has 1 heterocycles. The number of furan rings is 1. The molecule has 0 aliphatic rings. The van der Waals surface area contributed by atoms with Gasteiger partial charge in [-0.25, -0.2) is 4.39 Å². The van der Waals surface area contributed by atoms with Crippen molar-refractivity contribution in [3.05, 3.63) is 77.0 Å². The third-order valence-electron chi connectivity index (χ3n) is 5.50. The quantitative estimate of drug-likeness (QED) is 0.165. The van der Waals surface area contributed by atoms with Gasteiger partial charge in [0.05, 0.1) is 5.75 Å². The van der Waals surface area contributed by atoms with Crippen LogP contribution in [0.25, 0.3) is 11.1 Å². The summed E-state index contributed by atoms with van der Waals surface area (Å²) in [6.45, 7) is 2.22. The van der Waals surface area contributed by atoms with Gasteiger partial charge in [0.15, 0.2) is 0 Å². The van der Waals surface area contributed by atoms with Crippen LogP contribution in [0.5, 0.6) is 5.75 Å². The fourth-order valence-electron chi connectivity index (χ4n) is 3.90. The number of hydrogen-bond donors (Lipinski definition) is 1. The van der Waals surface area contributed by atoms with Gasteiger partial charge >= 0.3 is 5.97 Å². The zero-order valence-corrected chi connectivity index (χ0v) is 21.9. The van der Waals surface area contributed by atoms with Gasteiger partial charge in [-0.3, -0.25) is 4.79 Å². The maximum absolute atomic E-state index is 13.5. The van der Waals surface area contributed by atoms with E-state index >= 15 is 0 Å². The van der Waals surface area contributed by atoms with E-state index in [2.05, 4.69) is 0 Å². The molecule has 4 nitrogen and oxygen atoms in total. The Hall–Kier alpha value is -2.15. The van der Waals surface area contributed by atoms with Crippen LogP contribution in [-0.4, -0.2) is 21.7 Å². The van der Waals surface area contributed by atoms with Crippen molar-refractivity contribution in [3.63, 3.8) is 0 Å². The third-order valence-corrected chi connectivity index (χ3v) is 6.93. The lowest BCUT2D eigenvalue weighted by Crippen LogP contribution is -2.01. The van der Waals surface area contributed by atoms with E-state index in [4.69, 9.17) is 37.5 Å². The molecule has 0 aliphatic carbocycles. The zero-order valence-electron chi connectivity index (χ0n) is 19.6. The average Bonchev–Trinajstić information content (AvgIpc) is 3.12. The van der Waals surface area contributed by atoms with E-state index in [9.17, 15) is 9.18 Å². The molecule has 3 aromatic rings. The van der Waals surface area contributed by atoms with Crippen molar-refractivity contribution in [1.82, 2.24) is 0 Å². The van der Waals surface area contributed by atoms with Crippen LogP contribution >= 0.6 is 35.0 Å². The van der Waals surface area contributed by atoms with Crippen LogP contribution in [0.1, 0.15) is 48.3 Å². The molecular weight excluding hydrogens is 510 g/mol. The van der Waals surface area contributed by atoms with Gasteiger partial charge in [-0.2, -0.15) is 0 Å². The highest BCUT2D eigenvalue weighted by Gasteiger charge is 2.20. The number of ether oxygens (including phenoxy) is 1. The van der Waals surface area contributed by atoms with Gasteiger partial charge in [0.1, 0.15) is 34.5 Å². The summed E-state index contributed by atoms with van der Waals surface area (Å²) < 4.78 is 25.9. The number of benzene rings is 2. The van der Waals surface area contributed by atoms with E-state index in [1.54, 1.807) is 12.1 Å². The second-order valence-electron chi connectivity index (χ2n) is 8.25. The van der Waals surface area contributed by atoms with Gasteiger partial charge in [0.2, 0.25) is 0 Å². The van der Waals surface area contributed by atoms with E-state index in [1.165, 1.54) is 23.9 Å². The molecule has 0 spiro atoms. The smallest absolute Gasteiger partial charge is 0.313 e. The molecule has 0 amide bonds. The monoisotopic (exact) mass is 538 g/mol. The van der Waals surface area contributed by atoms with Gasteiger partial charge in [0.25, 0.3) is 0 Å². The highest BCUT2D eigenvalue weighted by molar-refractivity contribution is 7.99. The molecule has 1 N–H and O–H groups in total. The predicted octanol–water partition coefficient (Wildman–Crippen LogP) is 8.20. The lowest BCUT2D eigenvalue weighted by Gasteiger charge is -2.11. The van der Waals surface area contributed by atoms with E-state index in [1.807, 2.05) is 31.2 Å². The summed E-state index contributed by atoms with van der Waals surface area (Å²) in [5.74, 6) is 1.86. The number of aryl methyl sites for hydroxylation is 2. The minimum atomic E-state index is -0.830. The Labute approximate surface area is 219 Å². The highest BCUT2D eigenvalue weighted by atomic mass is 35.5. The summed E-state index contributed by atoms with van der Waals surface area (Å²) >= 11 is 13.0. The van der Waals surface area contributed by atoms with E-state index in [0.717, 1.165) is 65.9 Å². The molecular formula is C27H29Cl2FO4S. The number of carboxylic acid groups (broad SMARTS) is 1. The molecule has 0 fully saturated rings. The van der Waals surface area contributed by atoms with Crippen LogP contribution in [0.3, 0.4) is 0 Å². The number of unbranched alkanes of at least 4 members (excludes halogenated alkanes) is 2. The molecule has 0 saturated heterocycles. The van der Waals surface area contributed by atoms with E-state index in [0.29, 0.717) is 18.1 Å². The van der Waals surface area contributed by atoms with Crippen LogP contribution < -0.4 is 4.74 Å². The van der Waals surface area contributed by atoms with Crippen molar-refractivity contribution in [2.24, 2.45) is 0 Å². The summed E-state index contributed by atoms with van der Waals surface area (Å²) in [6.07, 6.45) is 4.37. The normalized spacial score (nSPS) is 11.2. The Morgan fingerprint density at radius 1 is 1.14 bits per heavy atom. The topological polar surface area (TPSA) is 59.7 Å². The van der Waals surface area contributed by atoms with Crippen molar-refractivity contribution < 1.29 is 23.4 Å². The minimum absolute atomic E-state index is 0.0558. The number of aliphatic carboxylic acids is 1. The molecule has 3 rings (SSSR count). The predicted molar refractivity (Wildman–Crippen MR) is 141 cm³/mol. The van der Waals surface area contributed by atoms with Crippen LogP contribution in [-0.2, 0) is 23.6 Å². The molecule has 0 atom stereocenters. The number of alkyl halides is 2. The largest absolute Gasteiger partial charge is 0.489 e. The first kappa shape index (κ1) is 27.4. The van der Waals surface area contributed by atoms with Crippen LogP contribution in [0, 0.1) is 12.7 Å². The lowest BCUT2D eigenvalue weighted by atomic mass is 9.99. The van der Waals surface area contributed by atoms with Crippen LogP contribution in [0.15, 0.2) is 52.9 Å². The maximum Gasteiger partial charge on any atom is 0.313 e. The summed E-state index contributed by atoms with van der Waals surface area (Å²) in [5, 5.41) is 8.85. The summed E-state index contributed by atoms with van der Waals surface area (Å²) in [5.41, 5.74) is 3.75. The number of thioether (sulfide) groups is 1. The van der Waals surface area contributed by atoms with Gasteiger partial charge in [-0.15, -0.1) is 35.0 Å². The number of halogens is 3. The van der Waals surface area contributed by atoms with Crippen molar-refractivity contribution in [2.75, 3.05) is 5.75 Å². The molecule has 0 unspecified atom stereocenters. The minimum Gasteiger partial charge on any atom is -0.489 e. The van der Waals surface area contributed by atoms with E-state index < -0.39 is 5.97 Å². The second-order valence-corrected chi connectivity index (χ2v) is 10.5. The lowest BCUT2D eigenvalue weighted by molar-refractivity contribution is -0.133. The Kier molecular flexibility index (Phi) is 10.8. The van der Waals surface area contributed by atoms with Gasteiger partial charge in [0, 0.05) is 23.3 Å². The first-order valence-corrected chi connectivity index (χ1v) is 13.5. The van der Waals surface area contributed by atoms with Crippen LogP contribution in [0.4, 0.5) is 4.39 Å². The number of rotatable bonds is 14. The Balaban J connectivity index is 1.76. The molecule has 0 aliphatic heterocycles. The standard InChI is InChI=1S/C27H29Cl2FO4S/c1-18-27(20-10-12-21(30)13-11-20)23(24(34-18)8-3-2-4-9-25(28)29)15-33-22-7-5-6-19(14-22)16-35-17-26(31)32/h5-7,10-14,25H,2-4,8-9,15-17H2,1H3,(H,31,32). The van der Waals surface area contributed by atoms with Crippen LogP contribution in [0.2, 0.25) is 0 Å². The van der Waals surface area contributed by atoms with Gasteiger partial charge in [-0.1, -0.05) is 37.1 Å². The first-order chi connectivity index (χ1) is 16.8. The molecule has 2 aromatic carbocycles. The highest BCUT2D eigenvalue weighted by Crippen LogP contribution is 2.35. The molecule has 0 radical (unpaired) electrons. The maximum atomic E-state index is 13.5. The summed E-state index contributed by atoms with van der Waals surface area (Å²) in [6, 6.07) is 14.0. The number of carbonyl (C=O) groups is 1. The molecule has 0 bridgehead atoms. The molecule has 0 saturated carbocycles. The zero-order chi connectivity index (χ0) is 25.2. The Morgan fingerprint density at radius 2 is 1.91 bits per heavy atom. The third kappa shape index (κ3) is 8.78. The van der Waals surface area contributed by atoms with Gasteiger partial charge < -0.3 is 14.3 Å². The first-order valence-electron chi connectivity index (χ1n) is 11.5. The summed E-state index contributed by atoms with van der Waals surface area (Å²) in [7, 11) is 0. The Bertz CT molecular complexity index is 1100.